The van der Waals surface area contributed by atoms with Crippen LogP contribution in [0.25, 0.3) is 0 Å². The van der Waals surface area contributed by atoms with Crippen molar-refractivity contribution in [2.24, 2.45) is 10.9 Å². The molecule has 1 aromatic rings. The highest BCUT2D eigenvalue weighted by Gasteiger charge is 2.22. The van der Waals surface area contributed by atoms with Gasteiger partial charge in [0.2, 0.25) is 0 Å². The number of hydrogen-bond acceptors (Lipinski definition) is 4. The van der Waals surface area contributed by atoms with E-state index < -0.39 is 0 Å². The first-order valence-corrected chi connectivity index (χ1v) is 8.98. The number of hydrogen-bond donors (Lipinski definition) is 2. The average Bonchev–Trinajstić information content (AvgIpc) is 2.64. The Kier molecular flexibility index (Phi) is 5.94. The van der Waals surface area contributed by atoms with Gasteiger partial charge in [-0.3, -0.25) is 9.89 Å². The molecule has 0 aromatic heterocycles. The zero-order chi connectivity index (χ0) is 17.6. The number of rotatable bonds is 4. The van der Waals surface area contributed by atoms with Crippen molar-refractivity contribution >= 4 is 35.2 Å². The van der Waals surface area contributed by atoms with E-state index in [2.05, 4.69) is 20.5 Å². The summed E-state index contributed by atoms with van der Waals surface area (Å²) in [5.74, 6) is 0.711. The third kappa shape index (κ3) is 4.52. The SMILES string of the molecule is CNCC1CCN(c2ccc(Cl)cc2NC(=O)N2C=CC=NC2)CC1. The van der Waals surface area contributed by atoms with Crippen LogP contribution in [0.1, 0.15) is 12.8 Å². The smallest absolute Gasteiger partial charge is 0.327 e. The van der Waals surface area contributed by atoms with E-state index in [1.54, 1.807) is 18.5 Å². The molecule has 134 valence electrons. The third-order valence-corrected chi connectivity index (χ3v) is 4.84. The molecule has 0 bridgehead atoms. The second-order valence-electron chi connectivity index (χ2n) is 6.36. The summed E-state index contributed by atoms with van der Waals surface area (Å²) in [6, 6.07) is 5.46. The number of carbonyl (C=O) groups is 1. The van der Waals surface area contributed by atoms with Crippen molar-refractivity contribution in [1.82, 2.24) is 10.2 Å². The van der Waals surface area contributed by atoms with Crippen molar-refractivity contribution < 1.29 is 4.79 Å². The first kappa shape index (κ1) is 17.8. The molecule has 2 aliphatic heterocycles. The van der Waals surface area contributed by atoms with Gasteiger partial charge in [0.1, 0.15) is 6.67 Å². The predicted octanol–water partition coefficient (Wildman–Crippen LogP) is 3.17. The summed E-state index contributed by atoms with van der Waals surface area (Å²) >= 11 is 6.16. The van der Waals surface area contributed by atoms with E-state index in [9.17, 15) is 4.79 Å². The number of halogens is 1. The molecule has 0 spiro atoms. The van der Waals surface area contributed by atoms with Crippen molar-refractivity contribution in [3.05, 3.63) is 35.5 Å². The molecule has 3 rings (SSSR count). The minimum atomic E-state index is -0.207. The average molecular weight is 362 g/mol. The number of allylic oxidation sites excluding steroid dienone is 1. The number of amides is 2. The predicted molar refractivity (Wildman–Crippen MR) is 104 cm³/mol. The van der Waals surface area contributed by atoms with Crippen LogP contribution in [0.15, 0.2) is 35.5 Å². The third-order valence-electron chi connectivity index (χ3n) is 4.60. The summed E-state index contributed by atoms with van der Waals surface area (Å²) in [6.45, 7) is 3.34. The molecule has 7 heteroatoms. The number of urea groups is 1. The number of piperidine rings is 1. The van der Waals surface area contributed by atoms with Gasteiger partial charge in [-0.15, -0.1) is 0 Å². The molecule has 1 aromatic carbocycles. The topological polar surface area (TPSA) is 60.0 Å². The van der Waals surface area contributed by atoms with Gasteiger partial charge in [-0.1, -0.05) is 11.6 Å². The van der Waals surface area contributed by atoms with E-state index in [-0.39, 0.29) is 6.03 Å². The van der Waals surface area contributed by atoms with Crippen LogP contribution >= 0.6 is 11.6 Å². The molecule has 0 unspecified atom stereocenters. The Balaban J connectivity index is 1.71. The van der Waals surface area contributed by atoms with Crippen LogP contribution in [0.4, 0.5) is 16.2 Å². The summed E-state index contributed by atoms with van der Waals surface area (Å²) in [7, 11) is 2.00. The molecule has 0 atom stereocenters. The van der Waals surface area contributed by atoms with Gasteiger partial charge < -0.3 is 15.5 Å². The Morgan fingerprint density at radius 3 is 2.84 bits per heavy atom. The summed E-state index contributed by atoms with van der Waals surface area (Å²) in [4.78, 5) is 20.4. The lowest BCUT2D eigenvalue weighted by Gasteiger charge is -2.35. The van der Waals surface area contributed by atoms with Gasteiger partial charge in [-0.2, -0.15) is 0 Å². The first-order valence-electron chi connectivity index (χ1n) is 8.60. The maximum absolute atomic E-state index is 12.5. The number of aliphatic imine (C=N–C) groups is 1. The Morgan fingerprint density at radius 1 is 1.36 bits per heavy atom. The van der Waals surface area contributed by atoms with E-state index in [0.717, 1.165) is 43.9 Å². The van der Waals surface area contributed by atoms with E-state index in [1.165, 1.54) is 4.90 Å². The Bertz CT molecular complexity index is 667. The molecule has 2 aliphatic rings. The zero-order valence-corrected chi connectivity index (χ0v) is 15.2. The van der Waals surface area contributed by atoms with Crippen molar-refractivity contribution in [2.75, 3.05) is 43.6 Å². The monoisotopic (exact) mass is 361 g/mol. The lowest BCUT2D eigenvalue weighted by molar-refractivity contribution is 0.229. The van der Waals surface area contributed by atoms with Crippen LogP contribution in [-0.4, -0.2) is 50.5 Å². The molecule has 2 N–H and O–H groups in total. The number of carbonyl (C=O) groups excluding carboxylic acids is 1. The van der Waals surface area contributed by atoms with Gasteiger partial charge in [0.25, 0.3) is 0 Å². The lowest BCUT2D eigenvalue weighted by atomic mass is 9.96. The standard InChI is InChI=1S/C18H24ClN5O/c1-20-12-14-5-9-23(10-6-14)17-4-3-15(19)11-16(17)22-18(25)24-8-2-7-21-13-24/h2-4,7-8,11,14,20H,5-6,9-10,12-13H2,1H3,(H,22,25). The number of nitrogens with zero attached hydrogens (tertiary/aromatic N) is 3. The van der Waals surface area contributed by atoms with Crippen molar-refractivity contribution in [3.63, 3.8) is 0 Å². The number of benzene rings is 1. The van der Waals surface area contributed by atoms with Gasteiger partial charge in [0.15, 0.2) is 0 Å². The molecule has 0 saturated carbocycles. The first-order chi connectivity index (χ1) is 12.2. The van der Waals surface area contributed by atoms with Crippen LogP contribution in [0.3, 0.4) is 0 Å². The van der Waals surface area contributed by atoms with Gasteiger partial charge in [-0.05, 0) is 56.6 Å². The summed E-state index contributed by atoms with van der Waals surface area (Å²) in [6.07, 6.45) is 7.43. The van der Waals surface area contributed by atoms with Crippen LogP contribution in [-0.2, 0) is 0 Å². The lowest BCUT2D eigenvalue weighted by Crippen LogP contribution is -2.37. The van der Waals surface area contributed by atoms with Gasteiger partial charge in [-0.25, -0.2) is 4.79 Å². The van der Waals surface area contributed by atoms with Gasteiger partial charge in [0, 0.05) is 30.5 Å². The van der Waals surface area contributed by atoms with Crippen molar-refractivity contribution in [3.8, 4) is 0 Å². The summed E-state index contributed by atoms with van der Waals surface area (Å²) < 4.78 is 0. The van der Waals surface area contributed by atoms with E-state index in [0.29, 0.717) is 17.6 Å². The van der Waals surface area contributed by atoms with E-state index >= 15 is 0 Å². The van der Waals surface area contributed by atoms with E-state index in [4.69, 9.17) is 11.6 Å². The fourth-order valence-electron chi connectivity index (χ4n) is 3.26. The highest BCUT2D eigenvalue weighted by molar-refractivity contribution is 6.31. The van der Waals surface area contributed by atoms with Gasteiger partial charge >= 0.3 is 6.03 Å². The van der Waals surface area contributed by atoms with Crippen molar-refractivity contribution in [2.45, 2.75) is 12.8 Å². The van der Waals surface area contributed by atoms with Crippen LogP contribution in [0, 0.1) is 5.92 Å². The normalized spacial score (nSPS) is 17.8. The molecule has 2 heterocycles. The summed E-state index contributed by atoms with van der Waals surface area (Å²) in [5, 5.41) is 6.84. The highest BCUT2D eigenvalue weighted by Crippen LogP contribution is 2.32. The van der Waals surface area contributed by atoms with Crippen LogP contribution < -0.4 is 15.5 Å². The van der Waals surface area contributed by atoms with Crippen molar-refractivity contribution in [1.29, 1.82) is 0 Å². The molecule has 6 nitrogen and oxygen atoms in total. The molecular weight excluding hydrogens is 338 g/mol. The maximum atomic E-state index is 12.5. The quantitative estimate of drug-likeness (QED) is 0.866. The number of nitrogens with one attached hydrogen (secondary N) is 2. The van der Waals surface area contributed by atoms with Crippen LogP contribution in [0.2, 0.25) is 5.02 Å². The van der Waals surface area contributed by atoms with E-state index in [1.807, 2.05) is 25.2 Å². The number of anilines is 2. The largest absolute Gasteiger partial charge is 0.370 e. The Morgan fingerprint density at radius 2 is 2.16 bits per heavy atom. The molecule has 25 heavy (non-hydrogen) atoms. The molecule has 2 amide bonds. The molecular formula is C18H24ClN5O. The zero-order valence-electron chi connectivity index (χ0n) is 14.4. The van der Waals surface area contributed by atoms with Gasteiger partial charge in [0.05, 0.1) is 11.4 Å². The Labute approximate surface area is 153 Å². The minimum absolute atomic E-state index is 0.207. The second-order valence-corrected chi connectivity index (χ2v) is 6.80. The Hall–Kier alpha value is -2.05. The molecule has 1 saturated heterocycles. The second kappa shape index (κ2) is 8.36. The molecule has 0 radical (unpaired) electrons. The molecule has 1 fully saturated rings. The maximum Gasteiger partial charge on any atom is 0.327 e. The molecule has 0 aliphatic carbocycles. The fraction of sp³-hybridized carbons (Fsp3) is 0.444. The minimum Gasteiger partial charge on any atom is -0.370 e. The fourth-order valence-corrected chi connectivity index (χ4v) is 3.43. The van der Waals surface area contributed by atoms with Crippen LogP contribution in [0.5, 0.6) is 0 Å². The summed E-state index contributed by atoms with van der Waals surface area (Å²) in [5.41, 5.74) is 1.76. The highest BCUT2D eigenvalue weighted by atomic mass is 35.5.